The summed E-state index contributed by atoms with van der Waals surface area (Å²) in [6.07, 6.45) is 2.91. The van der Waals surface area contributed by atoms with Crippen molar-refractivity contribution >= 4 is 10.0 Å². The molecule has 29 heavy (non-hydrogen) atoms. The highest BCUT2D eigenvalue weighted by Gasteiger charge is 2.47. The maximum Gasteiger partial charge on any atom is 0.387 e. The third kappa shape index (κ3) is 4.56. The molecule has 1 aromatic rings. The maximum absolute atomic E-state index is 13.1. The first-order valence-electron chi connectivity index (χ1n) is 9.89. The lowest BCUT2D eigenvalue weighted by Gasteiger charge is -2.40. The Labute approximate surface area is 169 Å². The van der Waals surface area contributed by atoms with Crippen molar-refractivity contribution in [3.8, 4) is 5.75 Å². The fourth-order valence-corrected chi connectivity index (χ4v) is 5.90. The highest BCUT2D eigenvalue weighted by molar-refractivity contribution is 7.89. The van der Waals surface area contributed by atoms with E-state index in [1.807, 2.05) is 0 Å². The summed E-state index contributed by atoms with van der Waals surface area (Å²) in [5, 5.41) is 0. The Bertz CT molecular complexity index is 801. The number of benzene rings is 1. The Morgan fingerprint density at radius 1 is 1.14 bits per heavy atom. The SMILES string of the molecule is O=S(=O)(c1ccc(OC(F)F)cc1)N1CCOC2(CCN([C@H]3CCCOC3)C2)C1. The van der Waals surface area contributed by atoms with Gasteiger partial charge in [0, 0.05) is 38.8 Å². The van der Waals surface area contributed by atoms with Crippen molar-refractivity contribution in [3.63, 3.8) is 0 Å². The quantitative estimate of drug-likeness (QED) is 0.708. The van der Waals surface area contributed by atoms with Crippen LogP contribution in [0.2, 0.25) is 0 Å². The van der Waals surface area contributed by atoms with Crippen molar-refractivity contribution in [2.75, 3.05) is 46.0 Å². The normalized spacial score (nSPS) is 29.6. The largest absolute Gasteiger partial charge is 0.435 e. The van der Waals surface area contributed by atoms with Gasteiger partial charge >= 0.3 is 6.61 Å². The molecule has 0 bridgehead atoms. The number of nitrogens with zero attached hydrogens (tertiary/aromatic N) is 2. The van der Waals surface area contributed by atoms with E-state index >= 15 is 0 Å². The Morgan fingerprint density at radius 3 is 2.62 bits per heavy atom. The van der Waals surface area contributed by atoms with Gasteiger partial charge in [-0.1, -0.05) is 0 Å². The van der Waals surface area contributed by atoms with E-state index in [1.54, 1.807) is 0 Å². The van der Waals surface area contributed by atoms with Crippen LogP contribution in [0.15, 0.2) is 29.2 Å². The highest BCUT2D eigenvalue weighted by atomic mass is 32.2. The maximum atomic E-state index is 13.1. The van der Waals surface area contributed by atoms with E-state index < -0.39 is 22.2 Å². The smallest absolute Gasteiger partial charge is 0.387 e. The second kappa shape index (κ2) is 8.43. The van der Waals surface area contributed by atoms with Crippen molar-refractivity contribution in [3.05, 3.63) is 24.3 Å². The zero-order valence-corrected chi connectivity index (χ0v) is 17.0. The van der Waals surface area contributed by atoms with Crippen LogP contribution < -0.4 is 4.74 Å². The van der Waals surface area contributed by atoms with Gasteiger partial charge in [0.15, 0.2) is 0 Å². The summed E-state index contributed by atoms with van der Waals surface area (Å²) in [5.41, 5.74) is -0.512. The minimum atomic E-state index is -3.75. The van der Waals surface area contributed by atoms with Crippen LogP contribution in [-0.2, 0) is 19.5 Å². The topological polar surface area (TPSA) is 68.3 Å². The molecule has 3 fully saturated rings. The molecule has 10 heteroatoms. The van der Waals surface area contributed by atoms with E-state index in [-0.39, 0.29) is 23.7 Å². The van der Waals surface area contributed by atoms with E-state index in [4.69, 9.17) is 9.47 Å². The van der Waals surface area contributed by atoms with Crippen LogP contribution in [0.25, 0.3) is 0 Å². The fraction of sp³-hybridized carbons (Fsp3) is 0.684. The summed E-state index contributed by atoms with van der Waals surface area (Å²) in [4.78, 5) is 2.41. The number of alkyl halides is 2. The second-order valence-electron chi connectivity index (χ2n) is 7.81. The summed E-state index contributed by atoms with van der Waals surface area (Å²) in [6, 6.07) is 5.46. The second-order valence-corrected chi connectivity index (χ2v) is 9.75. The number of morpholine rings is 1. The number of ether oxygens (including phenoxy) is 3. The summed E-state index contributed by atoms with van der Waals surface area (Å²) in [5.74, 6) is -0.0708. The minimum absolute atomic E-state index is 0.0618. The monoisotopic (exact) mass is 432 g/mol. The molecule has 162 valence electrons. The predicted octanol–water partition coefficient (Wildman–Crippen LogP) is 1.93. The average molecular weight is 432 g/mol. The number of hydrogen-bond donors (Lipinski definition) is 0. The lowest BCUT2D eigenvalue weighted by atomic mass is 10.0. The Morgan fingerprint density at radius 2 is 1.93 bits per heavy atom. The van der Waals surface area contributed by atoms with Gasteiger partial charge in [-0.05, 0) is 43.5 Å². The lowest BCUT2D eigenvalue weighted by molar-refractivity contribution is -0.0856. The molecule has 1 unspecified atom stereocenters. The van der Waals surface area contributed by atoms with E-state index in [2.05, 4.69) is 9.64 Å². The number of hydrogen-bond acceptors (Lipinski definition) is 6. The third-order valence-electron chi connectivity index (χ3n) is 5.90. The third-order valence-corrected chi connectivity index (χ3v) is 7.76. The van der Waals surface area contributed by atoms with Crippen LogP contribution in [-0.4, -0.2) is 81.9 Å². The van der Waals surface area contributed by atoms with Crippen molar-refractivity contribution in [1.82, 2.24) is 9.21 Å². The van der Waals surface area contributed by atoms with Gasteiger partial charge in [-0.2, -0.15) is 13.1 Å². The van der Waals surface area contributed by atoms with Crippen molar-refractivity contribution in [2.24, 2.45) is 0 Å². The molecule has 3 aliphatic rings. The van der Waals surface area contributed by atoms with Gasteiger partial charge in [0.25, 0.3) is 0 Å². The molecule has 4 rings (SSSR count). The lowest BCUT2D eigenvalue weighted by Crippen LogP contribution is -2.55. The molecule has 0 amide bonds. The molecule has 2 atom stereocenters. The van der Waals surface area contributed by atoms with Gasteiger partial charge in [-0.25, -0.2) is 8.42 Å². The molecule has 1 spiro atoms. The zero-order valence-electron chi connectivity index (χ0n) is 16.1. The van der Waals surface area contributed by atoms with Crippen LogP contribution in [0.4, 0.5) is 8.78 Å². The number of halogens is 2. The molecule has 0 aromatic heterocycles. The first kappa shape index (κ1) is 20.9. The molecule has 7 nitrogen and oxygen atoms in total. The van der Waals surface area contributed by atoms with Crippen molar-refractivity contribution in [1.29, 1.82) is 0 Å². The standard InChI is InChI=1S/C19H26F2N2O5S/c20-18(21)28-16-3-5-17(6-4-16)29(24,25)23-9-11-27-19(14-23)7-8-22(13-19)15-2-1-10-26-12-15/h3-6,15,18H,1-2,7-14H2/t15-,19?/m0/s1. The van der Waals surface area contributed by atoms with Gasteiger partial charge in [0.2, 0.25) is 10.0 Å². The Balaban J connectivity index is 1.45. The molecule has 0 radical (unpaired) electrons. The van der Waals surface area contributed by atoms with Crippen LogP contribution in [0.3, 0.4) is 0 Å². The van der Waals surface area contributed by atoms with Crippen LogP contribution >= 0.6 is 0 Å². The van der Waals surface area contributed by atoms with E-state index in [0.29, 0.717) is 25.8 Å². The summed E-state index contributed by atoms with van der Waals surface area (Å²) in [6.45, 7) is 1.01. The van der Waals surface area contributed by atoms with Gasteiger partial charge in [0.05, 0.1) is 23.7 Å². The summed E-state index contributed by atoms with van der Waals surface area (Å²) in [7, 11) is -3.75. The van der Waals surface area contributed by atoms with Gasteiger partial charge in [0.1, 0.15) is 5.75 Å². The van der Waals surface area contributed by atoms with E-state index in [1.165, 1.54) is 28.6 Å². The highest BCUT2D eigenvalue weighted by Crippen LogP contribution is 2.34. The Hall–Kier alpha value is -1.33. The first-order valence-corrected chi connectivity index (χ1v) is 11.3. The summed E-state index contributed by atoms with van der Waals surface area (Å²) >= 11 is 0. The molecule has 0 N–H and O–H groups in total. The predicted molar refractivity (Wildman–Crippen MR) is 101 cm³/mol. The summed E-state index contributed by atoms with van der Waals surface area (Å²) < 4.78 is 68.2. The zero-order chi connectivity index (χ0) is 20.5. The van der Waals surface area contributed by atoms with Crippen molar-refractivity contribution in [2.45, 2.75) is 42.4 Å². The number of sulfonamides is 1. The van der Waals surface area contributed by atoms with Crippen LogP contribution in [0.1, 0.15) is 19.3 Å². The molecule has 0 aliphatic carbocycles. The van der Waals surface area contributed by atoms with Crippen molar-refractivity contribution < 1.29 is 31.4 Å². The fourth-order valence-electron chi connectivity index (χ4n) is 4.40. The van der Waals surface area contributed by atoms with Crippen LogP contribution in [0.5, 0.6) is 5.75 Å². The molecular formula is C19H26F2N2O5S. The molecule has 3 saturated heterocycles. The molecule has 3 aliphatic heterocycles. The average Bonchev–Trinajstić information content (AvgIpc) is 3.12. The van der Waals surface area contributed by atoms with Gasteiger partial charge < -0.3 is 14.2 Å². The van der Waals surface area contributed by atoms with Gasteiger partial charge in [-0.3, -0.25) is 4.90 Å². The Kier molecular flexibility index (Phi) is 6.08. The van der Waals surface area contributed by atoms with Crippen LogP contribution in [0, 0.1) is 0 Å². The molecule has 1 aromatic carbocycles. The molecule has 3 heterocycles. The van der Waals surface area contributed by atoms with Gasteiger partial charge in [-0.15, -0.1) is 0 Å². The number of rotatable bonds is 5. The first-order chi connectivity index (χ1) is 13.9. The molecule has 0 saturated carbocycles. The van der Waals surface area contributed by atoms with E-state index in [9.17, 15) is 17.2 Å². The number of likely N-dealkylation sites (tertiary alicyclic amines) is 1. The molecular weight excluding hydrogens is 406 g/mol. The minimum Gasteiger partial charge on any atom is -0.435 e. The van der Waals surface area contributed by atoms with E-state index in [0.717, 1.165) is 32.4 Å².